The summed E-state index contributed by atoms with van der Waals surface area (Å²) in [7, 11) is 0. The first kappa shape index (κ1) is 17.2. The van der Waals surface area contributed by atoms with E-state index in [2.05, 4.69) is 25.7 Å². The summed E-state index contributed by atoms with van der Waals surface area (Å²) < 4.78 is 13.6. The molecule has 0 amide bonds. The van der Waals surface area contributed by atoms with E-state index >= 15 is 0 Å². The molecule has 120 valence electrons. The van der Waals surface area contributed by atoms with Crippen molar-refractivity contribution in [3.8, 4) is 11.8 Å². The van der Waals surface area contributed by atoms with Gasteiger partial charge in [0.25, 0.3) is 0 Å². The second-order valence-electron chi connectivity index (χ2n) is 5.52. The number of hydrogen-bond donors (Lipinski definition) is 2. The fourth-order valence-corrected chi connectivity index (χ4v) is 2.50. The highest BCUT2D eigenvalue weighted by molar-refractivity contribution is 5.44. The van der Waals surface area contributed by atoms with E-state index in [1.165, 1.54) is 17.0 Å². The van der Waals surface area contributed by atoms with Gasteiger partial charge in [0.2, 0.25) is 0 Å². The molecule has 0 saturated carbocycles. The van der Waals surface area contributed by atoms with Crippen LogP contribution in [-0.4, -0.2) is 24.7 Å². The van der Waals surface area contributed by atoms with E-state index in [-0.39, 0.29) is 5.82 Å². The van der Waals surface area contributed by atoms with Crippen LogP contribution in [-0.2, 0) is 5.60 Å². The Morgan fingerprint density at radius 3 is 2.26 bits per heavy atom. The summed E-state index contributed by atoms with van der Waals surface area (Å²) in [6.45, 7) is 6.83. The van der Waals surface area contributed by atoms with Crippen LogP contribution in [0.3, 0.4) is 0 Å². The quantitative estimate of drug-likeness (QED) is 0.811. The molecular formula is C20H23FNO+. The summed E-state index contributed by atoms with van der Waals surface area (Å²) in [5, 5.41) is 11.2. The van der Waals surface area contributed by atoms with Crippen molar-refractivity contribution in [3.63, 3.8) is 0 Å². The Hall–Kier alpha value is -2.15. The number of nitrogens with one attached hydrogen (secondary N) is 1. The monoisotopic (exact) mass is 312 g/mol. The Balaban J connectivity index is 2.43. The van der Waals surface area contributed by atoms with Crippen LogP contribution in [0.4, 0.5) is 4.39 Å². The molecule has 2 aromatic rings. The zero-order valence-corrected chi connectivity index (χ0v) is 13.6. The van der Waals surface area contributed by atoms with Gasteiger partial charge in [-0.05, 0) is 31.9 Å². The zero-order chi connectivity index (χ0) is 16.7. The van der Waals surface area contributed by atoms with Gasteiger partial charge >= 0.3 is 0 Å². The maximum atomic E-state index is 13.6. The van der Waals surface area contributed by atoms with Crippen molar-refractivity contribution in [2.75, 3.05) is 19.6 Å². The molecule has 0 fully saturated rings. The summed E-state index contributed by atoms with van der Waals surface area (Å²) in [4.78, 5) is 1.34. The molecule has 2 nitrogen and oxygen atoms in total. The van der Waals surface area contributed by atoms with Crippen LogP contribution in [0.1, 0.15) is 25.0 Å². The number of benzene rings is 2. The topological polar surface area (TPSA) is 24.7 Å². The van der Waals surface area contributed by atoms with Crippen molar-refractivity contribution in [3.05, 3.63) is 71.5 Å². The van der Waals surface area contributed by atoms with E-state index in [1.807, 2.05) is 30.3 Å². The first-order chi connectivity index (χ1) is 11.1. The molecule has 2 N–H and O–H groups in total. The fraction of sp³-hybridized carbons (Fsp3) is 0.300. The van der Waals surface area contributed by atoms with Crippen molar-refractivity contribution in [2.24, 2.45) is 0 Å². The maximum Gasteiger partial charge on any atom is 0.177 e. The third-order valence-electron chi connectivity index (χ3n) is 4.04. The fourth-order valence-electron chi connectivity index (χ4n) is 2.50. The lowest BCUT2D eigenvalue weighted by Gasteiger charge is -2.23. The van der Waals surface area contributed by atoms with Gasteiger partial charge < -0.3 is 10.0 Å². The molecule has 0 aliphatic rings. The number of hydrogen-bond acceptors (Lipinski definition) is 1. The van der Waals surface area contributed by atoms with Crippen LogP contribution in [0.5, 0.6) is 0 Å². The van der Waals surface area contributed by atoms with E-state index < -0.39 is 5.60 Å². The number of halogens is 1. The Morgan fingerprint density at radius 2 is 1.65 bits per heavy atom. The van der Waals surface area contributed by atoms with Gasteiger partial charge in [-0.15, -0.1) is 0 Å². The van der Waals surface area contributed by atoms with Crippen molar-refractivity contribution < 1.29 is 14.4 Å². The predicted octanol–water partition coefficient (Wildman–Crippen LogP) is 1.99. The Morgan fingerprint density at radius 1 is 1.00 bits per heavy atom. The van der Waals surface area contributed by atoms with Crippen LogP contribution >= 0.6 is 0 Å². The smallest absolute Gasteiger partial charge is 0.177 e. The van der Waals surface area contributed by atoms with Crippen LogP contribution in [0.15, 0.2) is 54.6 Å². The van der Waals surface area contributed by atoms with Crippen LogP contribution < -0.4 is 4.90 Å². The van der Waals surface area contributed by atoms with Gasteiger partial charge in [0.1, 0.15) is 12.4 Å². The Kier molecular flexibility index (Phi) is 5.92. The maximum absolute atomic E-state index is 13.6. The summed E-state index contributed by atoms with van der Waals surface area (Å²) in [6.07, 6.45) is 0. The largest absolute Gasteiger partial charge is 0.369 e. The highest BCUT2D eigenvalue weighted by atomic mass is 19.1. The summed E-state index contributed by atoms with van der Waals surface area (Å²) in [6, 6.07) is 15.2. The minimum atomic E-state index is -1.50. The molecule has 2 rings (SSSR count). The molecule has 0 bridgehead atoms. The van der Waals surface area contributed by atoms with E-state index in [1.54, 1.807) is 12.1 Å². The molecule has 2 aromatic carbocycles. The van der Waals surface area contributed by atoms with E-state index in [4.69, 9.17) is 0 Å². The predicted molar refractivity (Wildman–Crippen MR) is 90.5 cm³/mol. The third kappa shape index (κ3) is 4.19. The first-order valence-corrected chi connectivity index (χ1v) is 7.97. The highest BCUT2D eigenvalue weighted by Crippen LogP contribution is 2.29. The number of aliphatic hydroxyl groups is 1. The van der Waals surface area contributed by atoms with Crippen molar-refractivity contribution >= 4 is 0 Å². The molecule has 0 heterocycles. The van der Waals surface area contributed by atoms with Gasteiger partial charge in [0.05, 0.1) is 13.1 Å². The molecule has 23 heavy (non-hydrogen) atoms. The zero-order valence-electron chi connectivity index (χ0n) is 13.6. The lowest BCUT2D eigenvalue weighted by atomic mass is 9.87. The Bertz CT molecular complexity index is 686. The molecule has 0 aromatic heterocycles. The lowest BCUT2D eigenvalue weighted by molar-refractivity contribution is -0.889. The number of quaternary nitrogens is 1. The molecule has 3 heteroatoms. The molecule has 0 saturated heterocycles. The minimum Gasteiger partial charge on any atom is -0.369 e. The third-order valence-corrected chi connectivity index (χ3v) is 4.04. The second kappa shape index (κ2) is 7.92. The van der Waals surface area contributed by atoms with Gasteiger partial charge in [-0.2, -0.15) is 0 Å². The van der Waals surface area contributed by atoms with E-state index in [0.29, 0.717) is 17.7 Å². The first-order valence-electron chi connectivity index (χ1n) is 7.97. The standard InChI is InChI=1S/C20H22FNO/c1-3-22(4-2)15-9-14-20(23,17-10-6-5-7-11-17)18-12-8-13-19(21)16-18/h5-8,10-13,16,23H,3-4,15H2,1-2H3/p+1/t20-/m0/s1. The van der Waals surface area contributed by atoms with Gasteiger partial charge in [0.15, 0.2) is 5.60 Å². The average molecular weight is 312 g/mol. The SMILES string of the molecule is CC[NH+](CC)CC#C[C@](O)(c1ccccc1)c1cccc(F)c1. The van der Waals surface area contributed by atoms with Gasteiger partial charge in [0, 0.05) is 11.1 Å². The molecule has 0 aliphatic heterocycles. The van der Waals surface area contributed by atoms with Crippen LogP contribution in [0.2, 0.25) is 0 Å². The van der Waals surface area contributed by atoms with Gasteiger partial charge in [-0.1, -0.05) is 48.4 Å². The van der Waals surface area contributed by atoms with Gasteiger partial charge in [-0.25, -0.2) is 4.39 Å². The van der Waals surface area contributed by atoms with Crippen LogP contribution in [0.25, 0.3) is 0 Å². The number of rotatable bonds is 5. The van der Waals surface area contributed by atoms with Crippen molar-refractivity contribution in [1.29, 1.82) is 0 Å². The molecule has 0 aliphatic carbocycles. The minimum absolute atomic E-state index is 0.381. The van der Waals surface area contributed by atoms with Crippen molar-refractivity contribution in [1.82, 2.24) is 0 Å². The lowest BCUT2D eigenvalue weighted by Crippen LogP contribution is -3.11. The summed E-state index contributed by atoms with van der Waals surface area (Å²) >= 11 is 0. The van der Waals surface area contributed by atoms with E-state index in [9.17, 15) is 9.50 Å². The molecule has 0 spiro atoms. The molecular weight excluding hydrogens is 289 g/mol. The average Bonchev–Trinajstić information content (AvgIpc) is 2.59. The van der Waals surface area contributed by atoms with Crippen LogP contribution in [0, 0.1) is 17.7 Å². The molecule has 0 unspecified atom stereocenters. The normalized spacial score (nSPS) is 13.3. The summed E-state index contributed by atoms with van der Waals surface area (Å²) in [5.41, 5.74) is -0.408. The molecule has 1 atom stereocenters. The summed E-state index contributed by atoms with van der Waals surface area (Å²) in [5.74, 6) is 5.68. The Labute approximate surface area is 137 Å². The second-order valence-corrected chi connectivity index (χ2v) is 5.52. The molecule has 0 radical (unpaired) electrons. The van der Waals surface area contributed by atoms with E-state index in [0.717, 1.165) is 13.1 Å². The highest BCUT2D eigenvalue weighted by Gasteiger charge is 2.29. The van der Waals surface area contributed by atoms with Crippen molar-refractivity contribution in [2.45, 2.75) is 19.4 Å². The van der Waals surface area contributed by atoms with Gasteiger partial charge in [-0.3, -0.25) is 0 Å².